The van der Waals surface area contributed by atoms with Crippen LogP contribution >= 0.6 is 11.3 Å². The number of hydrogen-bond donors (Lipinski definition) is 2. The van der Waals surface area contributed by atoms with Crippen molar-refractivity contribution in [3.63, 3.8) is 0 Å². The molecule has 112 valence electrons. The second-order valence-electron chi connectivity index (χ2n) is 5.70. The molecule has 0 radical (unpaired) electrons. The first-order valence-corrected chi connectivity index (χ1v) is 7.91. The van der Waals surface area contributed by atoms with Crippen LogP contribution in [0.3, 0.4) is 0 Å². The third kappa shape index (κ3) is 4.16. The molecule has 0 bridgehead atoms. The average molecular weight is 302 g/mol. The summed E-state index contributed by atoms with van der Waals surface area (Å²) in [5, 5.41) is 6.07. The van der Waals surface area contributed by atoms with Crippen LogP contribution in [-0.2, 0) is 11.3 Å². The molecule has 0 fully saturated rings. The van der Waals surface area contributed by atoms with Gasteiger partial charge in [0.15, 0.2) is 0 Å². The first-order valence-electron chi connectivity index (χ1n) is 7.10. The van der Waals surface area contributed by atoms with Crippen LogP contribution in [0.4, 0.5) is 0 Å². The Kier molecular flexibility index (Phi) is 5.15. The van der Waals surface area contributed by atoms with Crippen LogP contribution in [0, 0.1) is 5.41 Å². The Morgan fingerprint density at radius 1 is 1.14 bits per heavy atom. The predicted molar refractivity (Wildman–Crippen MR) is 89.3 cm³/mol. The van der Waals surface area contributed by atoms with Gasteiger partial charge in [-0.25, -0.2) is 0 Å². The number of carbonyl (C=O) groups is 1. The van der Waals surface area contributed by atoms with Crippen molar-refractivity contribution in [2.45, 2.75) is 20.4 Å². The molecular weight excluding hydrogens is 280 g/mol. The Morgan fingerprint density at radius 2 is 1.86 bits per heavy atom. The Balaban J connectivity index is 1.91. The van der Waals surface area contributed by atoms with E-state index in [1.165, 1.54) is 15.3 Å². The highest BCUT2D eigenvalue weighted by Gasteiger charge is 2.25. The number of rotatable bonds is 6. The van der Waals surface area contributed by atoms with Gasteiger partial charge in [-0.3, -0.25) is 4.79 Å². The molecule has 2 aromatic rings. The maximum atomic E-state index is 11.7. The fraction of sp³-hybridized carbons (Fsp3) is 0.353. The largest absolute Gasteiger partial charge is 0.359 e. The highest BCUT2D eigenvalue weighted by molar-refractivity contribution is 7.15. The minimum atomic E-state index is -0.395. The summed E-state index contributed by atoms with van der Waals surface area (Å²) in [5.74, 6) is 0.0613. The van der Waals surface area contributed by atoms with Gasteiger partial charge in [-0.2, -0.15) is 0 Å². The molecule has 21 heavy (non-hydrogen) atoms. The Bertz CT molecular complexity index is 590. The van der Waals surface area contributed by atoms with Crippen LogP contribution in [0.2, 0.25) is 0 Å². The van der Waals surface area contributed by atoms with E-state index in [9.17, 15) is 4.79 Å². The van der Waals surface area contributed by atoms with Crippen molar-refractivity contribution >= 4 is 17.2 Å². The summed E-state index contributed by atoms with van der Waals surface area (Å²) in [6.45, 7) is 5.34. The zero-order valence-corrected chi connectivity index (χ0v) is 13.6. The van der Waals surface area contributed by atoms with E-state index in [0.29, 0.717) is 6.54 Å². The maximum Gasteiger partial charge on any atom is 0.226 e. The number of nitrogens with one attached hydrogen (secondary N) is 2. The second-order valence-corrected chi connectivity index (χ2v) is 6.87. The number of benzene rings is 1. The molecule has 3 nitrogen and oxygen atoms in total. The molecule has 2 N–H and O–H groups in total. The van der Waals surface area contributed by atoms with Crippen LogP contribution < -0.4 is 10.6 Å². The fourth-order valence-electron chi connectivity index (χ4n) is 2.15. The summed E-state index contributed by atoms with van der Waals surface area (Å²) < 4.78 is 0. The van der Waals surface area contributed by atoms with Crippen LogP contribution in [0.25, 0.3) is 10.4 Å². The summed E-state index contributed by atoms with van der Waals surface area (Å²) in [4.78, 5) is 14.3. The van der Waals surface area contributed by atoms with Gasteiger partial charge >= 0.3 is 0 Å². The Hall–Kier alpha value is -1.65. The van der Waals surface area contributed by atoms with Gasteiger partial charge < -0.3 is 10.6 Å². The van der Waals surface area contributed by atoms with E-state index in [0.717, 1.165) is 6.54 Å². The van der Waals surface area contributed by atoms with Crippen molar-refractivity contribution in [2.24, 2.45) is 5.41 Å². The van der Waals surface area contributed by atoms with E-state index >= 15 is 0 Å². The molecule has 0 aliphatic rings. The molecule has 0 saturated carbocycles. The quantitative estimate of drug-likeness (QED) is 0.860. The Labute approximate surface area is 130 Å². The molecule has 1 aromatic carbocycles. The zero-order valence-electron chi connectivity index (χ0n) is 12.8. The van der Waals surface area contributed by atoms with Crippen molar-refractivity contribution in [2.75, 3.05) is 13.6 Å². The molecular formula is C17H22N2OS. The molecule has 1 amide bonds. The summed E-state index contributed by atoms with van der Waals surface area (Å²) in [6.07, 6.45) is 0. The predicted octanol–water partition coefficient (Wildman–Crippen LogP) is 3.28. The van der Waals surface area contributed by atoms with E-state index in [1.807, 2.05) is 19.9 Å². The number of carbonyl (C=O) groups excluding carboxylic acids is 1. The van der Waals surface area contributed by atoms with Crippen molar-refractivity contribution in [1.29, 1.82) is 0 Å². The van der Waals surface area contributed by atoms with Gasteiger partial charge in [0.2, 0.25) is 5.91 Å². The molecule has 0 atom stereocenters. The van der Waals surface area contributed by atoms with Gasteiger partial charge in [-0.1, -0.05) is 30.3 Å². The minimum Gasteiger partial charge on any atom is -0.359 e. The lowest BCUT2D eigenvalue weighted by molar-refractivity contribution is -0.128. The molecule has 0 saturated heterocycles. The highest BCUT2D eigenvalue weighted by atomic mass is 32.1. The summed E-state index contributed by atoms with van der Waals surface area (Å²) in [7, 11) is 1.68. The van der Waals surface area contributed by atoms with Crippen LogP contribution in [0.5, 0.6) is 0 Å². The summed E-state index contributed by atoms with van der Waals surface area (Å²) >= 11 is 1.79. The van der Waals surface area contributed by atoms with Crippen molar-refractivity contribution < 1.29 is 4.79 Å². The number of hydrogen-bond acceptors (Lipinski definition) is 3. The fourth-order valence-corrected chi connectivity index (χ4v) is 3.13. The van der Waals surface area contributed by atoms with Crippen molar-refractivity contribution in [1.82, 2.24) is 10.6 Å². The summed E-state index contributed by atoms with van der Waals surface area (Å²) in [6, 6.07) is 14.7. The lowest BCUT2D eigenvalue weighted by Gasteiger charge is -2.22. The third-order valence-corrected chi connectivity index (χ3v) is 4.56. The summed E-state index contributed by atoms with van der Waals surface area (Å²) in [5.41, 5.74) is 0.855. The van der Waals surface area contributed by atoms with E-state index in [2.05, 4.69) is 47.0 Å². The molecule has 0 unspecified atom stereocenters. The van der Waals surface area contributed by atoms with Gasteiger partial charge in [0.1, 0.15) is 0 Å². The van der Waals surface area contributed by atoms with Gasteiger partial charge in [-0.15, -0.1) is 11.3 Å². The molecule has 4 heteroatoms. The van der Waals surface area contributed by atoms with E-state index < -0.39 is 5.41 Å². The smallest absolute Gasteiger partial charge is 0.226 e. The highest BCUT2D eigenvalue weighted by Crippen LogP contribution is 2.27. The third-order valence-electron chi connectivity index (χ3n) is 3.43. The van der Waals surface area contributed by atoms with E-state index in [1.54, 1.807) is 18.4 Å². The molecule has 1 heterocycles. The minimum absolute atomic E-state index is 0.0613. The second kappa shape index (κ2) is 6.87. The maximum absolute atomic E-state index is 11.7. The molecule has 1 aromatic heterocycles. The van der Waals surface area contributed by atoms with Gasteiger partial charge in [0.05, 0.1) is 5.41 Å². The van der Waals surface area contributed by atoms with Crippen molar-refractivity contribution in [3.8, 4) is 10.4 Å². The van der Waals surface area contributed by atoms with Crippen LogP contribution in [0.15, 0.2) is 42.5 Å². The van der Waals surface area contributed by atoms with Crippen LogP contribution in [-0.4, -0.2) is 19.5 Å². The number of amides is 1. The first kappa shape index (κ1) is 15.7. The molecule has 0 aliphatic carbocycles. The Morgan fingerprint density at radius 3 is 2.52 bits per heavy atom. The molecule has 0 aliphatic heterocycles. The van der Waals surface area contributed by atoms with Gasteiger partial charge in [0, 0.05) is 29.9 Å². The van der Waals surface area contributed by atoms with E-state index in [4.69, 9.17) is 0 Å². The first-order chi connectivity index (χ1) is 10.0. The molecule has 0 spiro atoms. The zero-order chi connectivity index (χ0) is 15.3. The normalized spacial score (nSPS) is 11.4. The number of thiophene rings is 1. The lowest BCUT2D eigenvalue weighted by atomic mass is 9.92. The standard InChI is InChI=1S/C17H22N2OS/c1-17(2,16(20)18-3)12-19-11-14-9-10-15(21-14)13-7-5-4-6-8-13/h4-10,19H,11-12H2,1-3H3,(H,18,20). The van der Waals surface area contributed by atoms with Crippen LogP contribution in [0.1, 0.15) is 18.7 Å². The average Bonchev–Trinajstić information content (AvgIpc) is 2.96. The monoisotopic (exact) mass is 302 g/mol. The van der Waals surface area contributed by atoms with Gasteiger partial charge in [0.25, 0.3) is 0 Å². The van der Waals surface area contributed by atoms with Gasteiger partial charge in [-0.05, 0) is 31.5 Å². The molecule has 2 rings (SSSR count). The topological polar surface area (TPSA) is 41.1 Å². The van der Waals surface area contributed by atoms with E-state index in [-0.39, 0.29) is 5.91 Å². The SMILES string of the molecule is CNC(=O)C(C)(C)CNCc1ccc(-c2ccccc2)s1. The lowest BCUT2D eigenvalue weighted by Crippen LogP contribution is -2.41. The van der Waals surface area contributed by atoms with Crippen molar-refractivity contribution in [3.05, 3.63) is 47.3 Å².